The van der Waals surface area contributed by atoms with Gasteiger partial charge >= 0.3 is 0 Å². The molecule has 2 amide bonds. The third-order valence-corrected chi connectivity index (χ3v) is 4.34. The summed E-state index contributed by atoms with van der Waals surface area (Å²) >= 11 is 1.30. The minimum Gasteiger partial charge on any atom is -0.355 e. The number of amides is 2. The van der Waals surface area contributed by atoms with Gasteiger partial charge in [-0.25, -0.2) is 0 Å². The molecule has 0 fully saturated rings. The van der Waals surface area contributed by atoms with Crippen LogP contribution in [-0.4, -0.2) is 29.5 Å². The highest BCUT2D eigenvalue weighted by Gasteiger charge is 2.08. The fourth-order valence-corrected chi connectivity index (χ4v) is 2.76. The smallest absolute Gasteiger partial charge is 0.269 e. The average molecular weight is 359 g/mol. The molecule has 2 rings (SSSR count). The number of nitrogens with zero attached hydrogens (tertiary/aromatic N) is 1. The molecule has 0 atom stereocenters. The summed E-state index contributed by atoms with van der Waals surface area (Å²) in [5.74, 6) is -0.136. The predicted octanol–water partition coefficient (Wildman–Crippen LogP) is 2.36. The second-order valence-corrected chi connectivity index (χ2v) is 6.14. The molecule has 0 aliphatic rings. The van der Waals surface area contributed by atoms with E-state index in [0.29, 0.717) is 12.1 Å². The van der Waals surface area contributed by atoms with Crippen molar-refractivity contribution in [3.63, 3.8) is 0 Å². The Hall–Kier alpha value is -2.87. The van der Waals surface area contributed by atoms with Crippen molar-refractivity contribution in [2.24, 2.45) is 0 Å². The molecule has 0 radical (unpaired) electrons. The van der Waals surface area contributed by atoms with E-state index in [0.717, 1.165) is 10.5 Å². The lowest BCUT2D eigenvalue weighted by molar-refractivity contribution is -0.384. The summed E-state index contributed by atoms with van der Waals surface area (Å²) in [5, 5.41) is 15.9. The zero-order chi connectivity index (χ0) is 18.2. The Morgan fingerprint density at radius 2 is 1.88 bits per heavy atom. The van der Waals surface area contributed by atoms with Gasteiger partial charge in [-0.15, -0.1) is 11.8 Å². The van der Waals surface area contributed by atoms with Crippen molar-refractivity contribution >= 4 is 29.3 Å². The van der Waals surface area contributed by atoms with Crippen molar-refractivity contribution in [1.82, 2.24) is 10.6 Å². The van der Waals surface area contributed by atoms with E-state index < -0.39 is 4.92 Å². The normalized spacial score (nSPS) is 10.1. The number of hydrogen-bond donors (Lipinski definition) is 2. The molecule has 25 heavy (non-hydrogen) atoms. The molecule has 7 nitrogen and oxygen atoms in total. The second-order valence-electron chi connectivity index (χ2n) is 5.10. The van der Waals surface area contributed by atoms with E-state index in [2.05, 4.69) is 10.6 Å². The van der Waals surface area contributed by atoms with Crippen LogP contribution in [0.25, 0.3) is 0 Å². The van der Waals surface area contributed by atoms with Gasteiger partial charge in [0.1, 0.15) is 0 Å². The Morgan fingerprint density at radius 1 is 1.16 bits per heavy atom. The van der Waals surface area contributed by atoms with Crippen molar-refractivity contribution in [3.05, 3.63) is 69.8 Å². The second kappa shape index (κ2) is 8.84. The van der Waals surface area contributed by atoms with Crippen LogP contribution in [0.4, 0.5) is 5.69 Å². The zero-order valence-electron chi connectivity index (χ0n) is 13.5. The van der Waals surface area contributed by atoms with Crippen LogP contribution in [0.3, 0.4) is 0 Å². The minimum atomic E-state index is -0.464. The molecule has 8 heteroatoms. The first-order valence-corrected chi connectivity index (χ1v) is 8.43. The van der Waals surface area contributed by atoms with Gasteiger partial charge in [-0.1, -0.05) is 12.1 Å². The lowest BCUT2D eigenvalue weighted by Crippen LogP contribution is -2.25. The van der Waals surface area contributed by atoms with Crippen LogP contribution in [0, 0.1) is 10.1 Å². The van der Waals surface area contributed by atoms with Crippen molar-refractivity contribution < 1.29 is 14.5 Å². The molecule has 130 valence electrons. The van der Waals surface area contributed by atoms with Crippen LogP contribution in [0.1, 0.15) is 15.9 Å². The average Bonchev–Trinajstić information content (AvgIpc) is 2.64. The quantitative estimate of drug-likeness (QED) is 0.449. The summed E-state index contributed by atoms with van der Waals surface area (Å²) in [6, 6.07) is 13.1. The molecule has 2 N–H and O–H groups in total. The molecule has 2 aromatic carbocycles. The molecule has 0 spiro atoms. The van der Waals surface area contributed by atoms with E-state index in [9.17, 15) is 19.7 Å². The van der Waals surface area contributed by atoms with E-state index in [1.54, 1.807) is 37.4 Å². The largest absolute Gasteiger partial charge is 0.355 e. The summed E-state index contributed by atoms with van der Waals surface area (Å²) in [7, 11) is 1.56. The van der Waals surface area contributed by atoms with E-state index in [-0.39, 0.29) is 23.3 Å². The van der Waals surface area contributed by atoms with Gasteiger partial charge in [0.2, 0.25) is 5.91 Å². The number of hydrogen-bond acceptors (Lipinski definition) is 5. The Labute approximate surface area is 149 Å². The van der Waals surface area contributed by atoms with E-state index >= 15 is 0 Å². The van der Waals surface area contributed by atoms with Crippen molar-refractivity contribution in [2.45, 2.75) is 11.4 Å². The maximum Gasteiger partial charge on any atom is 0.269 e. The number of nitrogens with one attached hydrogen (secondary N) is 2. The Bertz CT molecular complexity index is 778. The topological polar surface area (TPSA) is 101 Å². The summed E-state index contributed by atoms with van der Waals surface area (Å²) in [5.41, 5.74) is 1.38. The summed E-state index contributed by atoms with van der Waals surface area (Å²) in [4.78, 5) is 34.4. The number of carbonyl (C=O) groups excluding carboxylic acids is 2. The van der Waals surface area contributed by atoms with Gasteiger partial charge in [0, 0.05) is 36.2 Å². The first-order chi connectivity index (χ1) is 12.0. The predicted molar refractivity (Wildman–Crippen MR) is 95.5 cm³/mol. The SMILES string of the molecule is CNC(=O)c1cccc(CNC(=O)CSc2ccc([N+](=O)[O-])cc2)c1. The molecule has 0 aromatic heterocycles. The van der Waals surface area contributed by atoms with Crippen LogP contribution in [0.5, 0.6) is 0 Å². The number of thioether (sulfide) groups is 1. The van der Waals surface area contributed by atoms with Crippen LogP contribution >= 0.6 is 11.8 Å². The molecule has 0 saturated carbocycles. The maximum absolute atomic E-state index is 11.9. The highest BCUT2D eigenvalue weighted by atomic mass is 32.2. The van der Waals surface area contributed by atoms with Crippen molar-refractivity contribution in [1.29, 1.82) is 0 Å². The van der Waals surface area contributed by atoms with Gasteiger partial charge in [0.25, 0.3) is 11.6 Å². The molecule has 0 bridgehead atoms. The molecular weight excluding hydrogens is 342 g/mol. The van der Waals surface area contributed by atoms with Crippen LogP contribution in [-0.2, 0) is 11.3 Å². The number of carbonyl (C=O) groups is 2. The van der Waals surface area contributed by atoms with Gasteiger partial charge in [0.05, 0.1) is 10.7 Å². The third-order valence-electron chi connectivity index (χ3n) is 3.32. The molecular formula is C17H17N3O4S. The van der Waals surface area contributed by atoms with Gasteiger partial charge in [0.15, 0.2) is 0 Å². The van der Waals surface area contributed by atoms with Gasteiger partial charge in [-0.05, 0) is 29.8 Å². The lowest BCUT2D eigenvalue weighted by Gasteiger charge is -2.07. The molecule has 0 aliphatic heterocycles. The van der Waals surface area contributed by atoms with Crippen molar-refractivity contribution in [3.8, 4) is 0 Å². The van der Waals surface area contributed by atoms with E-state index in [4.69, 9.17) is 0 Å². The van der Waals surface area contributed by atoms with Gasteiger partial charge < -0.3 is 10.6 Å². The first kappa shape index (κ1) is 18.5. The zero-order valence-corrected chi connectivity index (χ0v) is 14.3. The Kier molecular flexibility index (Phi) is 6.53. The molecule has 0 saturated heterocycles. The Balaban J connectivity index is 1.82. The highest BCUT2D eigenvalue weighted by Crippen LogP contribution is 2.21. The molecule has 2 aromatic rings. The summed E-state index contributed by atoms with van der Waals surface area (Å²) in [6.07, 6.45) is 0. The van der Waals surface area contributed by atoms with Crippen LogP contribution in [0.2, 0.25) is 0 Å². The fraction of sp³-hybridized carbons (Fsp3) is 0.176. The number of benzene rings is 2. The molecule has 0 heterocycles. The molecule has 0 aliphatic carbocycles. The van der Waals surface area contributed by atoms with Gasteiger partial charge in [-0.3, -0.25) is 19.7 Å². The third kappa shape index (κ3) is 5.61. The Morgan fingerprint density at radius 3 is 2.52 bits per heavy atom. The van der Waals surface area contributed by atoms with Crippen LogP contribution in [0.15, 0.2) is 53.4 Å². The number of non-ortho nitro benzene ring substituents is 1. The maximum atomic E-state index is 11.9. The first-order valence-electron chi connectivity index (χ1n) is 7.44. The summed E-state index contributed by atoms with van der Waals surface area (Å²) < 4.78 is 0. The van der Waals surface area contributed by atoms with Crippen LogP contribution < -0.4 is 10.6 Å². The highest BCUT2D eigenvalue weighted by molar-refractivity contribution is 8.00. The van der Waals surface area contributed by atoms with Crippen molar-refractivity contribution in [2.75, 3.05) is 12.8 Å². The van der Waals surface area contributed by atoms with E-state index in [1.807, 2.05) is 6.07 Å². The number of rotatable bonds is 7. The standard InChI is InChI=1S/C17H17N3O4S/c1-18-17(22)13-4-2-3-12(9-13)10-19-16(21)11-25-15-7-5-14(6-8-15)20(23)24/h2-9H,10-11H2,1H3,(H,18,22)(H,19,21). The fourth-order valence-electron chi connectivity index (χ4n) is 2.03. The molecule has 0 unspecified atom stereocenters. The van der Waals surface area contributed by atoms with E-state index in [1.165, 1.54) is 23.9 Å². The van der Waals surface area contributed by atoms with Gasteiger partial charge in [-0.2, -0.15) is 0 Å². The lowest BCUT2D eigenvalue weighted by atomic mass is 10.1. The monoisotopic (exact) mass is 359 g/mol. The number of nitro benzene ring substituents is 1. The summed E-state index contributed by atoms with van der Waals surface area (Å²) in [6.45, 7) is 0.324. The minimum absolute atomic E-state index is 0.0183. The number of nitro groups is 1.